The van der Waals surface area contributed by atoms with Crippen molar-refractivity contribution in [3.8, 4) is 0 Å². The number of nitrogens with one attached hydrogen (secondary N) is 1. The number of benzene rings is 3. The van der Waals surface area contributed by atoms with E-state index in [0.29, 0.717) is 6.54 Å². The fourth-order valence-electron chi connectivity index (χ4n) is 5.07. The van der Waals surface area contributed by atoms with Crippen LogP contribution in [0.5, 0.6) is 0 Å². The van der Waals surface area contributed by atoms with Crippen LogP contribution in [0.4, 0.5) is 4.79 Å². The van der Waals surface area contributed by atoms with Crippen LogP contribution in [-0.2, 0) is 24.4 Å². The largest absolute Gasteiger partial charge is 0.444 e. The Morgan fingerprint density at radius 2 is 1.18 bits per heavy atom. The second-order valence-corrected chi connectivity index (χ2v) is 11.5. The van der Waals surface area contributed by atoms with Gasteiger partial charge in [-0.3, -0.25) is 14.7 Å². The Bertz CT molecular complexity index is 1120. The highest BCUT2D eigenvalue weighted by molar-refractivity contribution is 5.67. The van der Waals surface area contributed by atoms with E-state index < -0.39 is 5.60 Å². The van der Waals surface area contributed by atoms with E-state index in [0.717, 1.165) is 52.4 Å². The minimum absolute atomic E-state index is 0.137. The average molecular weight is 529 g/mol. The number of rotatable bonds is 8. The number of amides is 1. The highest BCUT2D eigenvalue weighted by atomic mass is 16.6. The first-order valence-corrected chi connectivity index (χ1v) is 14.1. The predicted octanol–water partition coefficient (Wildman–Crippen LogP) is 5.40. The Morgan fingerprint density at radius 1 is 0.718 bits per heavy atom. The van der Waals surface area contributed by atoms with Crippen LogP contribution in [-0.4, -0.2) is 71.7 Å². The van der Waals surface area contributed by atoms with Gasteiger partial charge in [0.15, 0.2) is 0 Å². The van der Waals surface area contributed by atoms with Gasteiger partial charge in [0, 0.05) is 64.9 Å². The normalized spacial score (nSPS) is 18.1. The van der Waals surface area contributed by atoms with Gasteiger partial charge in [-0.15, -0.1) is 0 Å². The molecule has 6 heteroatoms. The number of alkyl carbamates (subject to hydrolysis) is 1. The summed E-state index contributed by atoms with van der Waals surface area (Å²) in [4.78, 5) is 20.3. The second kappa shape index (κ2) is 14.3. The quantitative estimate of drug-likeness (QED) is 0.424. The van der Waals surface area contributed by atoms with Gasteiger partial charge in [0.05, 0.1) is 0 Å². The van der Waals surface area contributed by atoms with Gasteiger partial charge in [-0.2, -0.15) is 0 Å². The Balaban J connectivity index is 1.57. The Hall–Kier alpha value is -3.19. The first-order valence-electron chi connectivity index (χ1n) is 14.1. The zero-order chi connectivity index (χ0) is 27.5. The first-order chi connectivity index (χ1) is 18.8. The van der Waals surface area contributed by atoms with E-state index in [4.69, 9.17) is 4.74 Å². The summed E-state index contributed by atoms with van der Waals surface area (Å²) < 4.78 is 5.58. The molecule has 3 aromatic carbocycles. The summed E-state index contributed by atoms with van der Waals surface area (Å²) >= 11 is 0. The van der Waals surface area contributed by atoms with Crippen LogP contribution in [0, 0.1) is 0 Å². The maximum Gasteiger partial charge on any atom is 0.407 e. The van der Waals surface area contributed by atoms with Crippen LogP contribution in [0.15, 0.2) is 91.0 Å². The standard InChI is InChI=1S/C33H44N4O2/c1-33(2,3)39-32(38)34-23-31-27-36(25-29-15-9-5-10-16-29)20-19-35(24-28-13-7-4-8-14-28)21-22-37(31)26-30-17-11-6-12-18-30/h4-18,31H,19-27H2,1-3H3,(H,34,38). The summed E-state index contributed by atoms with van der Waals surface area (Å²) in [5.74, 6) is 0. The minimum atomic E-state index is -0.524. The topological polar surface area (TPSA) is 48.1 Å². The van der Waals surface area contributed by atoms with E-state index >= 15 is 0 Å². The zero-order valence-corrected chi connectivity index (χ0v) is 23.8. The van der Waals surface area contributed by atoms with Gasteiger partial charge in [0.2, 0.25) is 0 Å². The van der Waals surface area contributed by atoms with Crippen molar-refractivity contribution in [1.82, 2.24) is 20.0 Å². The third-order valence-corrected chi connectivity index (χ3v) is 7.03. The molecular formula is C33H44N4O2. The monoisotopic (exact) mass is 528 g/mol. The van der Waals surface area contributed by atoms with Crippen LogP contribution in [0.25, 0.3) is 0 Å². The van der Waals surface area contributed by atoms with Crippen molar-refractivity contribution in [3.63, 3.8) is 0 Å². The first kappa shape index (κ1) is 28.8. The van der Waals surface area contributed by atoms with E-state index in [1.54, 1.807) is 0 Å². The van der Waals surface area contributed by atoms with E-state index in [-0.39, 0.29) is 12.1 Å². The lowest BCUT2D eigenvalue weighted by Gasteiger charge is -2.35. The number of hydrogen-bond donors (Lipinski definition) is 1. The third-order valence-electron chi connectivity index (χ3n) is 7.03. The molecule has 1 saturated heterocycles. The molecule has 0 bridgehead atoms. The van der Waals surface area contributed by atoms with Crippen LogP contribution >= 0.6 is 0 Å². The molecule has 1 atom stereocenters. The molecule has 4 rings (SSSR count). The summed E-state index contributed by atoms with van der Waals surface area (Å²) in [6.45, 7) is 13.6. The predicted molar refractivity (Wildman–Crippen MR) is 158 cm³/mol. The van der Waals surface area contributed by atoms with Crippen molar-refractivity contribution in [3.05, 3.63) is 108 Å². The fraction of sp³-hybridized carbons (Fsp3) is 0.424. The molecule has 0 aromatic heterocycles. The van der Waals surface area contributed by atoms with Crippen molar-refractivity contribution < 1.29 is 9.53 Å². The van der Waals surface area contributed by atoms with Gasteiger partial charge in [0.1, 0.15) is 5.60 Å². The summed E-state index contributed by atoms with van der Waals surface area (Å²) in [5, 5.41) is 3.09. The van der Waals surface area contributed by atoms with Gasteiger partial charge < -0.3 is 10.1 Å². The molecule has 6 nitrogen and oxygen atoms in total. The summed E-state index contributed by atoms with van der Waals surface area (Å²) in [5.41, 5.74) is 3.40. The lowest BCUT2D eigenvalue weighted by Crippen LogP contribution is -2.50. The number of ether oxygens (including phenoxy) is 1. The molecule has 208 valence electrons. The number of carbonyl (C=O) groups is 1. The molecule has 1 heterocycles. The average Bonchev–Trinajstić information content (AvgIpc) is 2.99. The smallest absolute Gasteiger partial charge is 0.407 e. The highest BCUT2D eigenvalue weighted by Gasteiger charge is 2.26. The van der Waals surface area contributed by atoms with Crippen molar-refractivity contribution in [2.45, 2.75) is 52.0 Å². The van der Waals surface area contributed by atoms with Gasteiger partial charge in [-0.1, -0.05) is 91.0 Å². The van der Waals surface area contributed by atoms with Crippen LogP contribution in [0.1, 0.15) is 37.5 Å². The molecule has 0 radical (unpaired) electrons. The second-order valence-electron chi connectivity index (χ2n) is 11.5. The Kier molecular flexibility index (Phi) is 10.5. The van der Waals surface area contributed by atoms with Crippen LogP contribution < -0.4 is 5.32 Å². The van der Waals surface area contributed by atoms with E-state index in [1.165, 1.54) is 16.7 Å². The van der Waals surface area contributed by atoms with E-state index in [2.05, 4.69) is 111 Å². The molecule has 1 unspecified atom stereocenters. The summed E-state index contributed by atoms with van der Waals surface area (Å²) in [7, 11) is 0. The zero-order valence-electron chi connectivity index (χ0n) is 23.8. The van der Waals surface area contributed by atoms with Crippen molar-refractivity contribution >= 4 is 6.09 Å². The van der Waals surface area contributed by atoms with E-state index in [9.17, 15) is 4.79 Å². The molecule has 1 fully saturated rings. The molecule has 0 saturated carbocycles. The molecule has 0 aliphatic carbocycles. The van der Waals surface area contributed by atoms with Gasteiger partial charge in [-0.25, -0.2) is 4.79 Å². The molecule has 1 aliphatic rings. The molecule has 3 aromatic rings. The minimum Gasteiger partial charge on any atom is -0.444 e. The SMILES string of the molecule is CC(C)(C)OC(=O)NCC1CN(Cc2ccccc2)CCN(Cc2ccccc2)CCN1Cc1ccccc1. The van der Waals surface area contributed by atoms with E-state index in [1.807, 2.05) is 20.8 Å². The van der Waals surface area contributed by atoms with Gasteiger partial charge in [0.25, 0.3) is 0 Å². The van der Waals surface area contributed by atoms with Gasteiger partial charge in [-0.05, 0) is 37.5 Å². The number of hydrogen-bond acceptors (Lipinski definition) is 5. The molecule has 0 spiro atoms. The van der Waals surface area contributed by atoms with Crippen molar-refractivity contribution in [1.29, 1.82) is 0 Å². The molecule has 1 amide bonds. The lowest BCUT2D eigenvalue weighted by atomic mass is 10.1. The number of nitrogens with zero attached hydrogens (tertiary/aromatic N) is 3. The summed E-state index contributed by atoms with van der Waals surface area (Å²) in [6, 6.07) is 32.2. The maximum absolute atomic E-state index is 12.6. The molecule has 1 aliphatic heterocycles. The third kappa shape index (κ3) is 10.1. The number of carbonyl (C=O) groups excluding carboxylic acids is 1. The van der Waals surface area contributed by atoms with Gasteiger partial charge >= 0.3 is 6.09 Å². The fourth-order valence-corrected chi connectivity index (χ4v) is 5.07. The van der Waals surface area contributed by atoms with Crippen molar-refractivity contribution in [2.75, 3.05) is 39.3 Å². The van der Waals surface area contributed by atoms with Crippen LogP contribution in [0.2, 0.25) is 0 Å². The Morgan fingerprint density at radius 3 is 1.72 bits per heavy atom. The maximum atomic E-state index is 12.6. The highest BCUT2D eigenvalue weighted by Crippen LogP contribution is 2.16. The molecule has 1 N–H and O–H groups in total. The summed E-state index contributed by atoms with van der Waals surface area (Å²) in [6.07, 6.45) is -0.359. The van der Waals surface area contributed by atoms with Crippen molar-refractivity contribution in [2.24, 2.45) is 0 Å². The molecular weight excluding hydrogens is 484 g/mol. The molecule has 39 heavy (non-hydrogen) atoms. The lowest BCUT2D eigenvalue weighted by molar-refractivity contribution is 0.0493. The van der Waals surface area contributed by atoms with Crippen LogP contribution in [0.3, 0.4) is 0 Å². The Labute approximate surface area is 234 Å².